The Bertz CT molecular complexity index is 248. The molecule has 3 N–H and O–H groups in total. The van der Waals surface area contributed by atoms with Gasteiger partial charge in [0.05, 0.1) is 12.0 Å². The van der Waals surface area contributed by atoms with Crippen LogP contribution < -0.4 is 5.73 Å². The Labute approximate surface area is 97.8 Å². The van der Waals surface area contributed by atoms with Crippen molar-refractivity contribution >= 4 is 5.91 Å². The van der Waals surface area contributed by atoms with Crippen molar-refractivity contribution in [3.05, 3.63) is 0 Å². The Hall–Kier alpha value is -0.610. The molecule has 2 unspecified atom stereocenters. The highest BCUT2D eigenvalue weighted by Gasteiger charge is 2.31. The van der Waals surface area contributed by atoms with E-state index in [4.69, 9.17) is 5.73 Å². The number of likely N-dealkylation sites (tertiary alicyclic amines) is 1. The minimum atomic E-state index is -0.350. The van der Waals surface area contributed by atoms with Crippen LogP contribution in [0.1, 0.15) is 33.6 Å². The molecule has 1 aliphatic rings. The lowest BCUT2D eigenvalue weighted by molar-refractivity contribution is -0.135. The average Bonchev–Trinajstić information content (AvgIpc) is 2.58. The molecule has 0 aromatic carbocycles. The fourth-order valence-corrected chi connectivity index (χ4v) is 2.21. The van der Waals surface area contributed by atoms with Crippen molar-refractivity contribution in [3.63, 3.8) is 0 Å². The van der Waals surface area contributed by atoms with Gasteiger partial charge in [0, 0.05) is 19.6 Å². The summed E-state index contributed by atoms with van der Waals surface area (Å²) in [5.74, 6) is -0.000671. The molecular weight excluding hydrogens is 204 g/mol. The molecular formula is C12H24N2O2. The molecule has 1 rings (SSSR count). The number of β-amino-alcohol motifs (C(OH)–C–C–N with tert-alkyl or cyclic N) is 1. The number of carbonyl (C=O) groups excluding carboxylic acids is 1. The lowest BCUT2D eigenvalue weighted by atomic mass is 9.84. The fraction of sp³-hybridized carbons (Fsp3) is 0.917. The van der Waals surface area contributed by atoms with Gasteiger partial charge < -0.3 is 15.7 Å². The summed E-state index contributed by atoms with van der Waals surface area (Å²) in [5.41, 5.74) is 5.78. The molecule has 0 aliphatic carbocycles. The van der Waals surface area contributed by atoms with Crippen LogP contribution in [-0.4, -0.2) is 41.7 Å². The molecule has 1 saturated heterocycles. The van der Waals surface area contributed by atoms with Crippen LogP contribution >= 0.6 is 0 Å². The maximum absolute atomic E-state index is 12.1. The van der Waals surface area contributed by atoms with E-state index in [9.17, 15) is 9.90 Å². The van der Waals surface area contributed by atoms with Crippen LogP contribution in [0.4, 0.5) is 0 Å². The number of hydrogen-bond acceptors (Lipinski definition) is 3. The summed E-state index contributed by atoms with van der Waals surface area (Å²) in [6.45, 7) is 7.87. The highest BCUT2D eigenvalue weighted by molar-refractivity contribution is 5.79. The van der Waals surface area contributed by atoms with Crippen LogP contribution in [0.2, 0.25) is 0 Å². The predicted octanol–water partition coefficient (Wildman–Crippen LogP) is 0.591. The molecule has 2 atom stereocenters. The van der Waals surface area contributed by atoms with E-state index in [1.807, 2.05) is 0 Å². The van der Waals surface area contributed by atoms with Gasteiger partial charge in [0.15, 0.2) is 0 Å². The quantitative estimate of drug-likeness (QED) is 0.743. The van der Waals surface area contributed by atoms with E-state index < -0.39 is 0 Å². The van der Waals surface area contributed by atoms with Crippen molar-refractivity contribution in [2.75, 3.05) is 19.6 Å². The first-order valence-corrected chi connectivity index (χ1v) is 6.00. The molecule has 4 nitrogen and oxygen atoms in total. The Morgan fingerprint density at radius 1 is 1.56 bits per heavy atom. The number of hydrogen-bond donors (Lipinski definition) is 2. The van der Waals surface area contributed by atoms with E-state index in [2.05, 4.69) is 20.8 Å². The summed E-state index contributed by atoms with van der Waals surface area (Å²) in [4.78, 5) is 13.9. The standard InChI is InChI=1S/C12H24N2O2/c1-12(2,3)6-9(7-13)11(16)14-5-4-10(15)8-14/h9-10,15H,4-8,13H2,1-3H3. The van der Waals surface area contributed by atoms with Gasteiger partial charge in [-0.05, 0) is 18.3 Å². The van der Waals surface area contributed by atoms with Gasteiger partial charge >= 0.3 is 0 Å². The molecule has 4 heteroatoms. The van der Waals surface area contributed by atoms with Crippen LogP contribution in [0.15, 0.2) is 0 Å². The van der Waals surface area contributed by atoms with Gasteiger partial charge in [0.2, 0.25) is 5.91 Å². The summed E-state index contributed by atoms with van der Waals surface area (Å²) in [6.07, 6.45) is 1.14. The monoisotopic (exact) mass is 228 g/mol. The Morgan fingerprint density at radius 2 is 2.19 bits per heavy atom. The minimum Gasteiger partial charge on any atom is -0.391 e. The summed E-state index contributed by atoms with van der Waals surface area (Å²) >= 11 is 0. The van der Waals surface area contributed by atoms with Gasteiger partial charge in [-0.3, -0.25) is 4.79 Å². The van der Waals surface area contributed by atoms with Crippen LogP contribution in [0.25, 0.3) is 0 Å². The van der Waals surface area contributed by atoms with E-state index >= 15 is 0 Å². The first-order valence-electron chi connectivity index (χ1n) is 6.00. The maximum Gasteiger partial charge on any atom is 0.227 e. The molecule has 0 bridgehead atoms. The van der Waals surface area contributed by atoms with E-state index in [0.29, 0.717) is 26.1 Å². The van der Waals surface area contributed by atoms with Crippen molar-refractivity contribution in [2.45, 2.75) is 39.7 Å². The smallest absolute Gasteiger partial charge is 0.227 e. The largest absolute Gasteiger partial charge is 0.391 e. The first-order chi connectivity index (χ1) is 7.33. The molecule has 0 saturated carbocycles. The topological polar surface area (TPSA) is 66.6 Å². The molecule has 1 heterocycles. The number of amides is 1. The fourth-order valence-electron chi connectivity index (χ4n) is 2.21. The number of nitrogens with two attached hydrogens (primary N) is 1. The highest BCUT2D eigenvalue weighted by Crippen LogP contribution is 2.26. The highest BCUT2D eigenvalue weighted by atomic mass is 16.3. The van der Waals surface area contributed by atoms with Crippen molar-refractivity contribution < 1.29 is 9.90 Å². The molecule has 1 aliphatic heterocycles. The molecule has 1 amide bonds. The molecule has 1 fully saturated rings. The Morgan fingerprint density at radius 3 is 2.56 bits per heavy atom. The average molecular weight is 228 g/mol. The van der Waals surface area contributed by atoms with Crippen molar-refractivity contribution in [1.82, 2.24) is 4.90 Å². The van der Waals surface area contributed by atoms with Gasteiger partial charge in [-0.25, -0.2) is 0 Å². The number of aliphatic hydroxyl groups is 1. The molecule has 16 heavy (non-hydrogen) atoms. The summed E-state index contributed by atoms with van der Waals surface area (Å²) in [7, 11) is 0. The van der Waals surface area contributed by atoms with Crippen LogP contribution in [0, 0.1) is 11.3 Å². The number of nitrogens with zero attached hydrogens (tertiary/aromatic N) is 1. The van der Waals surface area contributed by atoms with Crippen molar-refractivity contribution in [2.24, 2.45) is 17.1 Å². The van der Waals surface area contributed by atoms with Crippen LogP contribution in [0.5, 0.6) is 0 Å². The SMILES string of the molecule is CC(C)(C)CC(CN)C(=O)N1CCC(O)C1. The van der Waals surface area contributed by atoms with Crippen molar-refractivity contribution in [3.8, 4) is 0 Å². The number of carbonyl (C=O) groups is 1. The molecule has 0 aromatic rings. The Kier molecular flexibility index (Phi) is 4.33. The normalized spacial score (nSPS) is 23.6. The zero-order chi connectivity index (χ0) is 12.3. The van der Waals surface area contributed by atoms with Gasteiger partial charge in [0.1, 0.15) is 0 Å². The molecule has 0 spiro atoms. The maximum atomic E-state index is 12.1. The van der Waals surface area contributed by atoms with E-state index in [0.717, 1.165) is 6.42 Å². The lowest BCUT2D eigenvalue weighted by Gasteiger charge is -2.27. The van der Waals surface area contributed by atoms with Crippen LogP contribution in [-0.2, 0) is 4.79 Å². The third kappa shape index (κ3) is 3.76. The van der Waals surface area contributed by atoms with Crippen LogP contribution in [0.3, 0.4) is 0 Å². The molecule has 0 radical (unpaired) electrons. The van der Waals surface area contributed by atoms with Gasteiger partial charge in [0.25, 0.3) is 0 Å². The van der Waals surface area contributed by atoms with Gasteiger partial charge in [-0.1, -0.05) is 20.8 Å². The summed E-state index contributed by atoms with van der Waals surface area (Å²) < 4.78 is 0. The minimum absolute atomic E-state index is 0.106. The third-order valence-electron chi connectivity index (χ3n) is 2.97. The molecule has 94 valence electrons. The predicted molar refractivity (Wildman–Crippen MR) is 63.8 cm³/mol. The molecule has 0 aromatic heterocycles. The first kappa shape index (κ1) is 13.5. The van der Waals surface area contributed by atoms with E-state index in [-0.39, 0.29) is 23.3 Å². The van der Waals surface area contributed by atoms with E-state index in [1.54, 1.807) is 4.90 Å². The lowest BCUT2D eigenvalue weighted by Crippen LogP contribution is -2.39. The zero-order valence-electron chi connectivity index (χ0n) is 10.6. The zero-order valence-corrected chi connectivity index (χ0v) is 10.6. The Balaban J connectivity index is 2.56. The second-order valence-corrected chi connectivity index (χ2v) is 5.92. The summed E-state index contributed by atoms with van der Waals surface area (Å²) in [6, 6.07) is 0. The summed E-state index contributed by atoms with van der Waals surface area (Å²) in [5, 5.41) is 9.41. The number of rotatable bonds is 3. The van der Waals surface area contributed by atoms with Gasteiger partial charge in [-0.2, -0.15) is 0 Å². The van der Waals surface area contributed by atoms with Crippen molar-refractivity contribution in [1.29, 1.82) is 0 Å². The second kappa shape index (κ2) is 5.15. The second-order valence-electron chi connectivity index (χ2n) is 5.92. The van der Waals surface area contributed by atoms with E-state index in [1.165, 1.54) is 0 Å². The third-order valence-corrected chi connectivity index (χ3v) is 2.97. The number of aliphatic hydroxyl groups excluding tert-OH is 1. The van der Waals surface area contributed by atoms with Gasteiger partial charge in [-0.15, -0.1) is 0 Å².